The number of nitrogens with one attached hydrogen (secondary N) is 1. The summed E-state index contributed by atoms with van der Waals surface area (Å²) in [7, 11) is 0. The van der Waals surface area contributed by atoms with Crippen molar-refractivity contribution in [3.63, 3.8) is 0 Å². The number of halogens is 1. The van der Waals surface area contributed by atoms with Gasteiger partial charge in [0.2, 0.25) is 0 Å². The average Bonchev–Trinajstić information content (AvgIpc) is 2.39. The van der Waals surface area contributed by atoms with Crippen molar-refractivity contribution in [3.8, 4) is 0 Å². The number of alkyl halides is 1. The number of hydrogen-bond acceptors (Lipinski definition) is 3. The maximum atomic E-state index is 6.13. The van der Waals surface area contributed by atoms with Crippen molar-refractivity contribution < 1.29 is 9.47 Å². The fourth-order valence-corrected chi connectivity index (χ4v) is 1.72. The van der Waals surface area contributed by atoms with E-state index in [0.29, 0.717) is 20.0 Å². The Kier molecular flexibility index (Phi) is 6.52. The highest BCUT2D eigenvalue weighted by atomic mass is 35.5. The fraction of sp³-hybridized carbons (Fsp3) is 1.00. The van der Waals surface area contributed by atoms with Gasteiger partial charge in [-0.15, -0.1) is 11.6 Å². The zero-order valence-corrected chi connectivity index (χ0v) is 9.55. The second kappa shape index (κ2) is 7.46. The van der Waals surface area contributed by atoms with E-state index in [9.17, 15) is 0 Å². The highest BCUT2D eigenvalue weighted by Gasteiger charge is 2.21. The number of ether oxygens (including phenoxy) is 2. The van der Waals surface area contributed by atoms with Gasteiger partial charge in [-0.2, -0.15) is 0 Å². The molecule has 1 N–H and O–H groups in total. The van der Waals surface area contributed by atoms with Gasteiger partial charge in [0.15, 0.2) is 0 Å². The van der Waals surface area contributed by atoms with E-state index in [2.05, 4.69) is 12.2 Å². The summed E-state index contributed by atoms with van der Waals surface area (Å²) >= 11 is 6.13. The summed E-state index contributed by atoms with van der Waals surface area (Å²) in [5.41, 5.74) is 0. The standard InChI is InChI=1S/C10H20ClNO2/c1-2-3-4-5-12-10-7-14-8-13-6-9(10)11/h9-10,12H,2-8H2,1H3/t9-,10-/m0/s1. The zero-order chi connectivity index (χ0) is 10.2. The molecule has 2 atom stereocenters. The minimum Gasteiger partial charge on any atom is -0.354 e. The van der Waals surface area contributed by atoms with Crippen LogP contribution in [0, 0.1) is 0 Å². The van der Waals surface area contributed by atoms with Gasteiger partial charge in [0, 0.05) is 6.04 Å². The first kappa shape index (κ1) is 12.2. The number of hydrogen-bond donors (Lipinski definition) is 1. The van der Waals surface area contributed by atoms with Gasteiger partial charge in [0.1, 0.15) is 6.79 Å². The molecule has 0 radical (unpaired) electrons. The highest BCUT2D eigenvalue weighted by molar-refractivity contribution is 6.21. The van der Waals surface area contributed by atoms with Crippen molar-refractivity contribution in [2.75, 3.05) is 26.6 Å². The molecule has 0 aromatic heterocycles. The molecule has 3 nitrogen and oxygen atoms in total. The summed E-state index contributed by atoms with van der Waals surface area (Å²) in [5, 5.41) is 3.44. The molecular weight excluding hydrogens is 202 g/mol. The smallest absolute Gasteiger partial charge is 0.146 e. The molecule has 0 saturated carbocycles. The molecule has 0 aromatic carbocycles. The van der Waals surface area contributed by atoms with E-state index in [-0.39, 0.29) is 11.4 Å². The number of rotatable bonds is 5. The molecule has 1 saturated heterocycles. The normalized spacial score (nSPS) is 28.7. The summed E-state index contributed by atoms with van der Waals surface area (Å²) in [6, 6.07) is 0.232. The summed E-state index contributed by atoms with van der Waals surface area (Å²) in [6.45, 7) is 4.82. The Morgan fingerprint density at radius 3 is 2.86 bits per heavy atom. The molecule has 0 bridgehead atoms. The Labute approximate surface area is 91.1 Å². The van der Waals surface area contributed by atoms with Crippen LogP contribution >= 0.6 is 11.6 Å². The van der Waals surface area contributed by atoms with Crippen LogP contribution < -0.4 is 5.32 Å². The molecule has 1 rings (SSSR count). The molecule has 84 valence electrons. The van der Waals surface area contributed by atoms with Crippen molar-refractivity contribution in [2.24, 2.45) is 0 Å². The quantitative estimate of drug-likeness (QED) is 0.567. The van der Waals surface area contributed by atoms with Gasteiger partial charge in [-0.05, 0) is 13.0 Å². The molecule has 4 heteroatoms. The molecule has 1 fully saturated rings. The lowest BCUT2D eigenvalue weighted by Gasteiger charge is -2.19. The van der Waals surface area contributed by atoms with Gasteiger partial charge in [0.05, 0.1) is 18.6 Å². The van der Waals surface area contributed by atoms with E-state index < -0.39 is 0 Å². The van der Waals surface area contributed by atoms with Crippen LogP contribution in [0.3, 0.4) is 0 Å². The first-order valence-electron chi connectivity index (χ1n) is 5.37. The Balaban J connectivity index is 2.13. The Hall–Kier alpha value is 0.170. The highest BCUT2D eigenvalue weighted by Crippen LogP contribution is 2.08. The summed E-state index contributed by atoms with van der Waals surface area (Å²) < 4.78 is 10.4. The minimum absolute atomic E-state index is 0.0270. The van der Waals surface area contributed by atoms with E-state index >= 15 is 0 Å². The van der Waals surface area contributed by atoms with E-state index in [1.54, 1.807) is 0 Å². The van der Waals surface area contributed by atoms with Crippen LogP contribution in [0.5, 0.6) is 0 Å². The van der Waals surface area contributed by atoms with Crippen LogP contribution in [-0.4, -0.2) is 38.0 Å². The van der Waals surface area contributed by atoms with E-state index in [0.717, 1.165) is 6.54 Å². The van der Waals surface area contributed by atoms with Crippen molar-refractivity contribution in [2.45, 2.75) is 37.6 Å². The summed E-state index contributed by atoms with van der Waals surface area (Å²) in [5.74, 6) is 0. The topological polar surface area (TPSA) is 30.5 Å². The fourth-order valence-electron chi connectivity index (χ4n) is 1.46. The van der Waals surface area contributed by atoms with Crippen LogP contribution in [0.15, 0.2) is 0 Å². The molecule has 1 aliphatic heterocycles. The third-order valence-corrected chi connectivity index (χ3v) is 2.79. The summed E-state index contributed by atoms with van der Waals surface area (Å²) in [6.07, 6.45) is 3.72. The van der Waals surface area contributed by atoms with E-state index in [1.165, 1.54) is 19.3 Å². The largest absolute Gasteiger partial charge is 0.354 e. The lowest BCUT2D eigenvalue weighted by Crippen LogP contribution is -2.41. The molecule has 0 spiro atoms. The average molecular weight is 222 g/mol. The predicted octanol–water partition coefficient (Wildman–Crippen LogP) is 1.75. The van der Waals surface area contributed by atoms with Gasteiger partial charge in [-0.1, -0.05) is 19.8 Å². The van der Waals surface area contributed by atoms with Gasteiger partial charge in [-0.3, -0.25) is 0 Å². The van der Waals surface area contributed by atoms with Gasteiger partial charge in [-0.25, -0.2) is 0 Å². The molecule has 14 heavy (non-hydrogen) atoms. The summed E-state index contributed by atoms with van der Waals surface area (Å²) in [4.78, 5) is 0. The third-order valence-electron chi connectivity index (χ3n) is 2.36. The molecule has 1 aliphatic rings. The molecule has 0 aliphatic carbocycles. The Morgan fingerprint density at radius 1 is 1.29 bits per heavy atom. The maximum Gasteiger partial charge on any atom is 0.146 e. The van der Waals surface area contributed by atoms with Gasteiger partial charge < -0.3 is 14.8 Å². The van der Waals surface area contributed by atoms with Crippen LogP contribution in [-0.2, 0) is 9.47 Å². The van der Waals surface area contributed by atoms with Crippen LogP contribution in [0.2, 0.25) is 0 Å². The van der Waals surface area contributed by atoms with Crippen molar-refractivity contribution in [3.05, 3.63) is 0 Å². The SMILES string of the molecule is CCCCCN[C@H]1COCOC[C@@H]1Cl. The monoisotopic (exact) mass is 221 g/mol. The maximum absolute atomic E-state index is 6.13. The first-order valence-corrected chi connectivity index (χ1v) is 5.81. The second-order valence-electron chi connectivity index (χ2n) is 3.64. The Morgan fingerprint density at radius 2 is 2.07 bits per heavy atom. The van der Waals surface area contributed by atoms with Crippen molar-refractivity contribution >= 4 is 11.6 Å². The van der Waals surface area contributed by atoms with Crippen molar-refractivity contribution in [1.29, 1.82) is 0 Å². The van der Waals surface area contributed by atoms with E-state index in [1.807, 2.05) is 0 Å². The first-order chi connectivity index (χ1) is 6.84. The Bertz CT molecular complexity index is 146. The van der Waals surface area contributed by atoms with Gasteiger partial charge in [0.25, 0.3) is 0 Å². The van der Waals surface area contributed by atoms with E-state index in [4.69, 9.17) is 21.1 Å². The molecule has 1 heterocycles. The number of unbranched alkanes of at least 4 members (excludes halogenated alkanes) is 2. The van der Waals surface area contributed by atoms with Crippen LogP contribution in [0.1, 0.15) is 26.2 Å². The molecule has 0 amide bonds. The molecule has 0 unspecified atom stereocenters. The zero-order valence-electron chi connectivity index (χ0n) is 8.80. The van der Waals surface area contributed by atoms with Crippen LogP contribution in [0.25, 0.3) is 0 Å². The minimum atomic E-state index is 0.0270. The predicted molar refractivity (Wildman–Crippen MR) is 57.7 cm³/mol. The molecule has 0 aromatic rings. The van der Waals surface area contributed by atoms with Crippen molar-refractivity contribution in [1.82, 2.24) is 5.32 Å². The molecular formula is C10H20ClNO2. The lowest BCUT2D eigenvalue weighted by molar-refractivity contribution is -0.0335. The van der Waals surface area contributed by atoms with Crippen LogP contribution in [0.4, 0.5) is 0 Å². The lowest BCUT2D eigenvalue weighted by atomic mass is 10.2. The second-order valence-corrected chi connectivity index (χ2v) is 4.20. The van der Waals surface area contributed by atoms with Gasteiger partial charge >= 0.3 is 0 Å². The third kappa shape index (κ3) is 4.60.